The Morgan fingerprint density at radius 1 is 0.500 bits per heavy atom. The molecular weight excluding hydrogens is 216 g/mol. The van der Waals surface area contributed by atoms with Crippen molar-refractivity contribution >= 4 is 0 Å². The molecule has 0 atom stereocenters. The van der Waals surface area contributed by atoms with Gasteiger partial charge >= 0.3 is 0 Å². The zero-order chi connectivity index (χ0) is 12.2. The standard InChI is InChI=1S/C18H26/c1-3-9-15(10-4-1)17-13-7-8-14-18(17)16-11-5-2-6-12-16/h9,11H,1-8,10,12-14H2. The fourth-order valence-electron chi connectivity index (χ4n) is 3.84. The molecule has 0 radical (unpaired) electrons. The summed E-state index contributed by atoms with van der Waals surface area (Å²) in [7, 11) is 0. The molecule has 98 valence electrons. The molecule has 0 N–H and O–H groups in total. The van der Waals surface area contributed by atoms with Gasteiger partial charge in [0.25, 0.3) is 0 Å². The van der Waals surface area contributed by atoms with E-state index in [0.717, 1.165) is 0 Å². The monoisotopic (exact) mass is 242 g/mol. The third-order valence-corrected chi connectivity index (χ3v) is 4.83. The van der Waals surface area contributed by atoms with Crippen LogP contribution in [-0.4, -0.2) is 0 Å². The van der Waals surface area contributed by atoms with Crippen molar-refractivity contribution in [3.8, 4) is 0 Å². The van der Waals surface area contributed by atoms with Gasteiger partial charge in [-0.1, -0.05) is 12.2 Å². The lowest BCUT2D eigenvalue weighted by atomic mass is 9.78. The van der Waals surface area contributed by atoms with Gasteiger partial charge in [0.1, 0.15) is 0 Å². The summed E-state index contributed by atoms with van der Waals surface area (Å²) in [6.07, 6.45) is 21.7. The highest BCUT2D eigenvalue weighted by Gasteiger charge is 2.20. The van der Waals surface area contributed by atoms with Crippen LogP contribution < -0.4 is 0 Å². The summed E-state index contributed by atoms with van der Waals surface area (Å²) in [5.41, 5.74) is 6.99. The van der Waals surface area contributed by atoms with Crippen LogP contribution in [0.3, 0.4) is 0 Å². The van der Waals surface area contributed by atoms with Crippen LogP contribution in [0.2, 0.25) is 0 Å². The van der Waals surface area contributed by atoms with E-state index < -0.39 is 0 Å². The highest BCUT2D eigenvalue weighted by molar-refractivity contribution is 5.46. The molecule has 0 saturated carbocycles. The van der Waals surface area contributed by atoms with E-state index in [1.807, 2.05) is 0 Å². The molecule has 0 bridgehead atoms. The van der Waals surface area contributed by atoms with Gasteiger partial charge in [0.15, 0.2) is 0 Å². The van der Waals surface area contributed by atoms with E-state index in [2.05, 4.69) is 12.2 Å². The van der Waals surface area contributed by atoms with E-state index in [9.17, 15) is 0 Å². The van der Waals surface area contributed by atoms with Gasteiger partial charge in [-0.25, -0.2) is 0 Å². The predicted octanol–water partition coefficient (Wildman–Crippen LogP) is 5.86. The lowest BCUT2D eigenvalue weighted by molar-refractivity contribution is 0.632. The molecule has 0 heteroatoms. The van der Waals surface area contributed by atoms with Crippen molar-refractivity contribution in [2.24, 2.45) is 0 Å². The zero-order valence-electron chi connectivity index (χ0n) is 11.6. The fraction of sp³-hybridized carbons (Fsp3) is 0.667. The van der Waals surface area contributed by atoms with Gasteiger partial charge in [0.2, 0.25) is 0 Å². The van der Waals surface area contributed by atoms with Crippen LogP contribution in [0.5, 0.6) is 0 Å². The van der Waals surface area contributed by atoms with Gasteiger partial charge < -0.3 is 0 Å². The molecule has 0 unspecified atom stereocenters. The van der Waals surface area contributed by atoms with Crippen molar-refractivity contribution in [1.82, 2.24) is 0 Å². The number of hydrogen-bond donors (Lipinski definition) is 0. The molecule has 0 aromatic rings. The van der Waals surface area contributed by atoms with E-state index in [4.69, 9.17) is 0 Å². The molecule has 3 aliphatic carbocycles. The molecule has 18 heavy (non-hydrogen) atoms. The quantitative estimate of drug-likeness (QED) is 0.569. The van der Waals surface area contributed by atoms with Gasteiger partial charge in [0, 0.05) is 0 Å². The van der Waals surface area contributed by atoms with Crippen LogP contribution in [0.15, 0.2) is 34.4 Å². The molecule has 0 amide bonds. The largest absolute Gasteiger partial charge is 0.0810 e. The van der Waals surface area contributed by atoms with E-state index in [0.29, 0.717) is 0 Å². The van der Waals surface area contributed by atoms with E-state index >= 15 is 0 Å². The van der Waals surface area contributed by atoms with Crippen LogP contribution in [0.4, 0.5) is 0 Å². The molecule has 0 fully saturated rings. The highest BCUT2D eigenvalue weighted by atomic mass is 14.3. The first kappa shape index (κ1) is 12.3. The van der Waals surface area contributed by atoms with Crippen molar-refractivity contribution in [2.75, 3.05) is 0 Å². The van der Waals surface area contributed by atoms with Gasteiger partial charge in [-0.3, -0.25) is 0 Å². The summed E-state index contributed by atoms with van der Waals surface area (Å²) in [6, 6.07) is 0. The average molecular weight is 242 g/mol. The Morgan fingerprint density at radius 3 is 1.33 bits per heavy atom. The lowest BCUT2D eigenvalue weighted by Gasteiger charge is -2.27. The van der Waals surface area contributed by atoms with Crippen LogP contribution in [0, 0.1) is 0 Å². The molecule has 0 spiro atoms. The molecule has 0 nitrogen and oxygen atoms in total. The van der Waals surface area contributed by atoms with Crippen LogP contribution in [0.25, 0.3) is 0 Å². The number of allylic oxidation sites excluding steroid dienone is 6. The average Bonchev–Trinajstić information content (AvgIpc) is 2.49. The van der Waals surface area contributed by atoms with Crippen molar-refractivity contribution in [3.05, 3.63) is 34.4 Å². The Bertz CT molecular complexity index is 354. The Kier molecular flexibility index (Phi) is 4.02. The van der Waals surface area contributed by atoms with Crippen molar-refractivity contribution < 1.29 is 0 Å². The Labute approximate surface area is 112 Å². The molecular formula is C18H26. The first-order valence-corrected chi connectivity index (χ1v) is 8.06. The first-order valence-electron chi connectivity index (χ1n) is 8.06. The minimum atomic E-state index is 1.32. The van der Waals surface area contributed by atoms with Crippen LogP contribution in [0.1, 0.15) is 77.0 Å². The normalized spacial score (nSPS) is 25.8. The summed E-state index contributed by atoms with van der Waals surface area (Å²) in [6.45, 7) is 0. The minimum Gasteiger partial charge on any atom is -0.0810 e. The SMILES string of the molecule is C1=C(C2=C(C3=CCCCC3)CCCC2)CCCC1. The van der Waals surface area contributed by atoms with Crippen molar-refractivity contribution in [1.29, 1.82) is 0 Å². The summed E-state index contributed by atoms with van der Waals surface area (Å²) in [5, 5.41) is 0. The Hall–Kier alpha value is -0.780. The zero-order valence-corrected chi connectivity index (χ0v) is 11.6. The van der Waals surface area contributed by atoms with E-state index in [1.54, 1.807) is 22.3 Å². The molecule has 0 aromatic heterocycles. The summed E-state index contributed by atoms with van der Waals surface area (Å²) >= 11 is 0. The smallest absolute Gasteiger partial charge is 0.0273 e. The van der Waals surface area contributed by atoms with Gasteiger partial charge in [-0.2, -0.15) is 0 Å². The van der Waals surface area contributed by atoms with E-state index in [-0.39, 0.29) is 0 Å². The van der Waals surface area contributed by atoms with Crippen molar-refractivity contribution in [2.45, 2.75) is 77.0 Å². The highest BCUT2D eigenvalue weighted by Crippen LogP contribution is 2.39. The predicted molar refractivity (Wildman–Crippen MR) is 78.6 cm³/mol. The molecule has 0 heterocycles. The maximum absolute atomic E-state index is 2.55. The molecule has 0 aromatic carbocycles. The van der Waals surface area contributed by atoms with E-state index in [1.165, 1.54) is 77.0 Å². The van der Waals surface area contributed by atoms with Gasteiger partial charge in [-0.05, 0) is 99.3 Å². The second-order valence-electron chi connectivity index (χ2n) is 6.11. The van der Waals surface area contributed by atoms with Crippen molar-refractivity contribution in [3.63, 3.8) is 0 Å². The molecule has 0 aliphatic heterocycles. The summed E-state index contributed by atoms with van der Waals surface area (Å²) in [4.78, 5) is 0. The molecule has 0 saturated heterocycles. The Balaban J connectivity index is 1.92. The lowest BCUT2D eigenvalue weighted by Crippen LogP contribution is -2.08. The number of hydrogen-bond acceptors (Lipinski definition) is 0. The maximum atomic E-state index is 2.55. The summed E-state index contributed by atoms with van der Waals surface area (Å²) < 4.78 is 0. The number of rotatable bonds is 2. The third kappa shape index (κ3) is 2.63. The third-order valence-electron chi connectivity index (χ3n) is 4.83. The molecule has 3 rings (SSSR count). The second-order valence-corrected chi connectivity index (χ2v) is 6.11. The Morgan fingerprint density at radius 2 is 0.944 bits per heavy atom. The van der Waals surface area contributed by atoms with Gasteiger partial charge in [0.05, 0.1) is 0 Å². The minimum absolute atomic E-state index is 1.32. The summed E-state index contributed by atoms with van der Waals surface area (Å²) in [5.74, 6) is 0. The topological polar surface area (TPSA) is 0 Å². The molecule has 3 aliphatic rings. The fourth-order valence-corrected chi connectivity index (χ4v) is 3.84. The second kappa shape index (κ2) is 5.91. The van der Waals surface area contributed by atoms with Gasteiger partial charge in [-0.15, -0.1) is 0 Å². The van der Waals surface area contributed by atoms with Crippen LogP contribution in [-0.2, 0) is 0 Å². The van der Waals surface area contributed by atoms with Crippen LogP contribution >= 0.6 is 0 Å². The first-order chi connectivity index (χ1) is 8.95. The maximum Gasteiger partial charge on any atom is -0.0273 e.